The Bertz CT molecular complexity index is 1280. The monoisotopic (exact) mass is 555 g/mol. The molecule has 3 aromatic rings. The van der Waals surface area contributed by atoms with Gasteiger partial charge < -0.3 is 15.1 Å². The molecule has 0 radical (unpaired) electrons. The molecule has 0 bridgehead atoms. The smallest absolute Gasteiger partial charge is 0.267 e. The van der Waals surface area contributed by atoms with Gasteiger partial charge in [0.15, 0.2) is 8.32 Å². The first-order chi connectivity index (χ1) is 17.4. The molecule has 0 saturated heterocycles. The molecule has 0 aliphatic heterocycles. The van der Waals surface area contributed by atoms with Crippen molar-refractivity contribution in [2.45, 2.75) is 38.9 Å². The Labute approximate surface area is 227 Å². The van der Waals surface area contributed by atoms with Crippen LogP contribution in [0.3, 0.4) is 0 Å². The number of anilines is 3. The molecule has 0 fully saturated rings. The number of benzene rings is 1. The summed E-state index contributed by atoms with van der Waals surface area (Å²) < 4.78 is 6.19. The maximum atomic E-state index is 12.9. The fourth-order valence-electron chi connectivity index (χ4n) is 3.04. The number of nitrogens with zero attached hydrogens (tertiary/aromatic N) is 3. The fraction of sp³-hybridized carbons (Fsp3) is 0.308. The molecule has 1 aromatic carbocycles. The predicted molar refractivity (Wildman–Crippen MR) is 153 cm³/mol. The van der Waals surface area contributed by atoms with Crippen LogP contribution in [0.25, 0.3) is 4.95 Å². The van der Waals surface area contributed by atoms with Gasteiger partial charge in [0.1, 0.15) is 22.9 Å². The van der Waals surface area contributed by atoms with Crippen LogP contribution in [0, 0.1) is 6.57 Å². The molecule has 2 N–H and O–H groups in total. The molecular formula is C26H30ClN5O3SSi. The molecule has 3 rings (SSSR count). The van der Waals surface area contributed by atoms with Crippen molar-refractivity contribution in [1.29, 1.82) is 0 Å². The lowest BCUT2D eigenvalue weighted by atomic mass is 10.2. The first-order valence-electron chi connectivity index (χ1n) is 11.6. The summed E-state index contributed by atoms with van der Waals surface area (Å²) >= 11 is 7.00. The lowest BCUT2D eigenvalue weighted by Gasteiger charge is -2.36. The van der Waals surface area contributed by atoms with E-state index in [4.69, 9.17) is 22.6 Å². The molecule has 2 aromatic heterocycles. The van der Waals surface area contributed by atoms with Crippen molar-refractivity contribution in [3.8, 4) is 0 Å². The summed E-state index contributed by atoms with van der Waals surface area (Å²) in [7, 11) is -1.89. The van der Waals surface area contributed by atoms with Crippen molar-refractivity contribution >= 4 is 60.3 Å². The number of aromatic nitrogens is 1. The van der Waals surface area contributed by atoms with Gasteiger partial charge in [-0.15, -0.1) is 11.3 Å². The van der Waals surface area contributed by atoms with Gasteiger partial charge in [0.05, 0.1) is 17.2 Å². The summed E-state index contributed by atoms with van der Waals surface area (Å²) in [5, 5.41) is 9.27. The van der Waals surface area contributed by atoms with Crippen LogP contribution in [-0.4, -0.2) is 38.3 Å². The molecule has 2 heterocycles. The van der Waals surface area contributed by atoms with Gasteiger partial charge in [-0.05, 0) is 66.0 Å². The van der Waals surface area contributed by atoms with Crippen molar-refractivity contribution < 1.29 is 14.0 Å². The lowest BCUT2D eigenvalue weighted by Crippen LogP contribution is -2.42. The number of hydrogen-bond donors (Lipinski definition) is 2. The molecule has 11 heteroatoms. The zero-order valence-electron chi connectivity index (χ0n) is 21.5. The summed E-state index contributed by atoms with van der Waals surface area (Å²) in [6.07, 6.45) is 1.43. The average Bonchev–Trinajstić information content (AvgIpc) is 3.34. The van der Waals surface area contributed by atoms with Crippen LogP contribution in [0.1, 0.15) is 40.8 Å². The highest BCUT2D eigenvalue weighted by Crippen LogP contribution is 2.36. The maximum absolute atomic E-state index is 12.9. The van der Waals surface area contributed by atoms with Gasteiger partial charge in [-0.25, -0.2) is 4.98 Å². The molecule has 0 aliphatic carbocycles. The van der Waals surface area contributed by atoms with Crippen LogP contribution >= 0.6 is 22.9 Å². The minimum Gasteiger partial charge on any atom is -0.415 e. The number of amides is 2. The molecule has 0 atom stereocenters. The van der Waals surface area contributed by atoms with E-state index in [0.717, 1.165) is 11.3 Å². The Morgan fingerprint density at radius 2 is 1.81 bits per heavy atom. The van der Waals surface area contributed by atoms with E-state index in [1.807, 2.05) is 0 Å². The SMILES string of the molecule is [C-]#[N+]N(CCO[Si](C)(C)C(C)(C)C)c1ccc(NC(=O)c2ccsc2C(=O)Nc2ccc(Cl)cn2)cc1. The van der Waals surface area contributed by atoms with Crippen LogP contribution in [0.5, 0.6) is 0 Å². The highest BCUT2D eigenvalue weighted by molar-refractivity contribution is 7.12. The number of rotatable bonds is 9. The normalized spacial score (nSPS) is 11.5. The number of carbonyl (C=O) groups excluding carboxylic acids is 2. The molecule has 8 nitrogen and oxygen atoms in total. The van der Waals surface area contributed by atoms with E-state index < -0.39 is 20.1 Å². The van der Waals surface area contributed by atoms with Crippen LogP contribution < -0.4 is 15.6 Å². The third kappa shape index (κ3) is 7.39. The Morgan fingerprint density at radius 3 is 2.41 bits per heavy atom. The number of thiophene rings is 1. The Kier molecular flexibility index (Phi) is 9.10. The number of pyridine rings is 1. The highest BCUT2D eigenvalue weighted by atomic mass is 35.5. The highest BCUT2D eigenvalue weighted by Gasteiger charge is 2.37. The van der Waals surface area contributed by atoms with Crippen molar-refractivity contribution in [3.05, 3.63) is 81.0 Å². The molecule has 0 spiro atoms. The maximum Gasteiger partial charge on any atom is 0.267 e. The molecule has 0 unspecified atom stereocenters. The van der Waals surface area contributed by atoms with Crippen molar-refractivity contribution in [2.75, 3.05) is 28.8 Å². The average molecular weight is 556 g/mol. The van der Waals surface area contributed by atoms with Gasteiger partial charge in [0.2, 0.25) is 0 Å². The summed E-state index contributed by atoms with van der Waals surface area (Å²) in [5.74, 6) is -0.505. The van der Waals surface area contributed by atoms with Gasteiger partial charge in [0, 0.05) is 11.9 Å². The molecule has 0 saturated carbocycles. The largest absolute Gasteiger partial charge is 0.415 e. The minimum atomic E-state index is -1.89. The van der Waals surface area contributed by atoms with Crippen LogP contribution in [0.4, 0.5) is 17.2 Å². The Balaban J connectivity index is 1.61. The van der Waals surface area contributed by atoms with Crippen LogP contribution in [0.15, 0.2) is 54.0 Å². The minimum absolute atomic E-state index is 0.103. The van der Waals surface area contributed by atoms with Gasteiger partial charge >= 0.3 is 0 Å². The van der Waals surface area contributed by atoms with Crippen molar-refractivity contribution in [1.82, 2.24) is 4.98 Å². The number of halogens is 1. The molecule has 37 heavy (non-hydrogen) atoms. The fourth-order valence-corrected chi connectivity index (χ4v) is 4.98. The third-order valence-corrected chi connectivity index (χ3v) is 11.9. The summed E-state index contributed by atoms with van der Waals surface area (Å²) in [6, 6.07) is 11.8. The predicted octanol–water partition coefficient (Wildman–Crippen LogP) is 6.96. The zero-order chi connectivity index (χ0) is 27.2. The number of hydrogen-bond acceptors (Lipinski definition) is 6. The van der Waals surface area contributed by atoms with E-state index in [2.05, 4.69) is 54.4 Å². The molecule has 2 amide bonds. The second-order valence-corrected chi connectivity index (χ2v) is 16.0. The van der Waals surface area contributed by atoms with Crippen molar-refractivity contribution in [3.63, 3.8) is 0 Å². The zero-order valence-corrected chi connectivity index (χ0v) is 24.0. The lowest BCUT2D eigenvalue weighted by molar-refractivity contribution is 0.0993. The van der Waals surface area contributed by atoms with E-state index >= 15 is 0 Å². The van der Waals surface area contributed by atoms with Crippen LogP contribution in [-0.2, 0) is 4.43 Å². The molecular weight excluding hydrogens is 526 g/mol. The summed E-state index contributed by atoms with van der Waals surface area (Å²) in [5.41, 5.74) is 1.51. The van der Waals surface area contributed by atoms with Gasteiger partial charge in [0.25, 0.3) is 11.8 Å². The van der Waals surface area contributed by atoms with E-state index in [1.54, 1.807) is 52.9 Å². The Hall–Kier alpha value is -3.23. The number of carbonyl (C=O) groups is 2. The van der Waals surface area contributed by atoms with Gasteiger partial charge in [-0.2, -0.15) is 11.5 Å². The topological polar surface area (TPSA) is 87.9 Å². The summed E-state index contributed by atoms with van der Waals surface area (Å²) in [6.45, 7) is 19.4. The Morgan fingerprint density at radius 1 is 1.11 bits per heavy atom. The standard InChI is InChI=1S/C26H30ClN5O3SSi/c1-26(2,3)37(5,6)35-15-14-32(28-4)20-10-8-19(9-11-20)30-24(33)21-13-16-36-23(21)25(34)31-22-12-7-18(27)17-29-22/h7-13,16-17H,14-15H2,1-3,5-6H3,(H,30,33)(H,29,31,34). The van der Waals surface area contributed by atoms with E-state index in [0.29, 0.717) is 35.4 Å². The first kappa shape index (κ1) is 28.3. The van der Waals surface area contributed by atoms with E-state index in [-0.39, 0.29) is 15.5 Å². The second-order valence-electron chi connectivity index (χ2n) is 9.81. The van der Waals surface area contributed by atoms with Gasteiger partial charge in [-0.1, -0.05) is 37.4 Å². The third-order valence-electron chi connectivity index (χ3n) is 6.20. The molecule has 0 aliphatic rings. The van der Waals surface area contributed by atoms with Crippen molar-refractivity contribution in [2.24, 2.45) is 0 Å². The number of nitrogens with one attached hydrogen (secondary N) is 2. The van der Waals surface area contributed by atoms with Crippen LogP contribution in [0.2, 0.25) is 23.2 Å². The van der Waals surface area contributed by atoms with E-state index in [9.17, 15) is 9.59 Å². The first-order valence-corrected chi connectivity index (χ1v) is 15.8. The second kappa shape index (κ2) is 11.9. The quantitative estimate of drug-likeness (QED) is 0.169. The summed E-state index contributed by atoms with van der Waals surface area (Å²) in [4.78, 5) is 33.5. The van der Waals surface area contributed by atoms with Gasteiger partial charge in [-0.3, -0.25) is 9.59 Å². The van der Waals surface area contributed by atoms with E-state index in [1.165, 1.54) is 6.20 Å². The molecule has 194 valence electrons.